The van der Waals surface area contributed by atoms with Crippen molar-refractivity contribution in [1.29, 1.82) is 5.26 Å². The summed E-state index contributed by atoms with van der Waals surface area (Å²) in [7, 11) is 0. The van der Waals surface area contributed by atoms with Crippen LogP contribution in [0.1, 0.15) is 24.8 Å². The van der Waals surface area contributed by atoms with Crippen LogP contribution in [0.3, 0.4) is 0 Å². The molecule has 164 valence electrons. The summed E-state index contributed by atoms with van der Waals surface area (Å²) in [4.78, 5) is 4.70. The summed E-state index contributed by atoms with van der Waals surface area (Å²) in [6, 6.07) is 28.6. The second-order valence-corrected chi connectivity index (χ2v) is 8.38. The molecule has 4 aromatic rings. The van der Waals surface area contributed by atoms with Gasteiger partial charge in [0.1, 0.15) is 22.4 Å². The van der Waals surface area contributed by atoms with Crippen molar-refractivity contribution < 1.29 is 4.74 Å². The average Bonchev–Trinajstić information content (AvgIpc) is 3.36. The third kappa shape index (κ3) is 5.88. The predicted molar refractivity (Wildman–Crippen MR) is 137 cm³/mol. The Morgan fingerprint density at radius 3 is 2.52 bits per heavy atom. The number of ether oxygens (including phenoxy) is 1. The van der Waals surface area contributed by atoms with Crippen LogP contribution in [0, 0.1) is 11.3 Å². The molecule has 0 aliphatic carbocycles. The summed E-state index contributed by atoms with van der Waals surface area (Å²) in [6.45, 7) is 2.84. The highest BCUT2D eigenvalue weighted by Gasteiger charge is 2.09. The number of allylic oxidation sites excluding steroid dienone is 1. The number of nitrogens with zero attached hydrogens (tertiary/aromatic N) is 2. The van der Waals surface area contributed by atoms with Crippen molar-refractivity contribution in [2.75, 3.05) is 11.9 Å². The summed E-state index contributed by atoms with van der Waals surface area (Å²) < 4.78 is 5.76. The van der Waals surface area contributed by atoms with Crippen LogP contribution >= 0.6 is 11.3 Å². The Balaban J connectivity index is 1.46. The molecule has 1 aromatic heterocycles. The minimum absolute atomic E-state index is 0.490. The Kier molecular flexibility index (Phi) is 7.52. The Hall–Kier alpha value is -3.88. The first-order valence-corrected chi connectivity index (χ1v) is 11.9. The number of hydrogen-bond acceptors (Lipinski definition) is 5. The quantitative estimate of drug-likeness (QED) is 0.210. The zero-order valence-electron chi connectivity index (χ0n) is 18.5. The summed E-state index contributed by atoms with van der Waals surface area (Å²) >= 11 is 1.46. The maximum absolute atomic E-state index is 9.68. The number of anilines is 1. The van der Waals surface area contributed by atoms with Gasteiger partial charge in [0.2, 0.25) is 0 Å². The first-order chi connectivity index (χ1) is 16.3. The molecule has 0 amide bonds. The summed E-state index contributed by atoms with van der Waals surface area (Å²) in [5.74, 6) is 0.816. The average molecular weight is 452 g/mol. The van der Waals surface area contributed by atoms with E-state index in [-0.39, 0.29) is 0 Å². The van der Waals surface area contributed by atoms with Gasteiger partial charge in [-0.1, -0.05) is 74.0 Å². The fourth-order valence-electron chi connectivity index (χ4n) is 3.30. The van der Waals surface area contributed by atoms with E-state index < -0.39 is 0 Å². The summed E-state index contributed by atoms with van der Waals surface area (Å²) in [6.07, 6.45) is 3.82. The first kappa shape index (κ1) is 22.3. The number of hydrogen-bond donors (Lipinski definition) is 1. The number of unbranched alkanes of at least 4 members (excludes halogenated alkanes) is 1. The zero-order valence-corrected chi connectivity index (χ0v) is 19.3. The lowest BCUT2D eigenvalue weighted by Crippen LogP contribution is -1.97. The van der Waals surface area contributed by atoms with Crippen LogP contribution in [-0.2, 0) is 0 Å². The molecule has 0 aliphatic heterocycles. The van der Waals surface area contributed by atoms with Gasteiger partial charge in [-0.05, 0) is 29.7 Å². The van der Waals surface area contributed by atoms with Gasteiger partial charge in [-0.3, -0.25) is 0 Å². The minimum atomic E-state index is 0.490. The number of nitriles is 1. The molecular formula is C28H25N3OS. The van der Waals surface area contributed by atoms with Gasteiger partial charge in [-0.2, -0.15) is 5.26 Å². The standard InChI is InChI=1S/C28H25N3OS/c1-2-3-16-32-26-11-7-10-25(17-26)30-19-24(18-29)28-31-27(20-33-28)23-14-12-22(13-15-23)21-8-5-4-6-9-21/h4-15,17,19-20,30H,2-3,16H2,1H3/b24-19+. The monoisotopic (exact) mass is 451 g/mol. The van der Waals surface area contributed by atoms with Crippen LogP contribution in [0.5, 0.6) is 5.75 Å². The fraction of sp³-hybridized carbons (Fsp3) is 0.143. The van der Waals surface area contributed by atoms with Crippen molar-refractivity contribution in [3.63, 3.8) is 0 Å². The molecule has 33 heavy (non-hydrogen) atoms. The molecule has 0 bridgehead atoms. The van der Waals surface area contributed by atoms with Crippen molar-refractivity contribution >= 4 is 22.6 Å². The lowest BCUT2D eigenvalue weighted by molar-refractivity contribution is 0.309. The number of rotatable bonds is 9. The number of nitrogens with one attached hydrogen (secondary N) is 1. The Morgan fingerprint density at radius 1 is 1.00 bits per heavy atom. The second-order valence-electron chi connectivity index (χ2n) is 7.53. The number of aromatic nitrogens is 1. The largest absolute Gasteiger partial charge is 0.494 e. The van der Waals surface area contributed by atoms with Gasteiger partial charge in [-0.15, -0.1) is 11.3 Å². The van der Waals surface area contributed by atoms with E-state index in [4.69, 9.17) is 9.72 Å². The van der Waals surface area contributed by atoms with Crippen LogP contribution in [-0.4, -0.2) is 11.6 Å². The van der Waals surface area contributed by atoms with Gasteiger partial charge < -0.3 is 10.1 Å². The molecular weight excluding hydrogens is 426 g/mol. The van der Waals surface area contributed by atoms with Gasteiger partial charge in [0.05, 0.1) is 12.3 Å². The predicted octanol–water partition coefficient (Wildman–Crippen LogP) is 7.63. The van der Waals surface area contributed by atoms with E-state index in [1.54, 1.807) is 6.20 Å². The third-order valence-electron chi connectivity index (χ3n) is 5.13. The molecule has 4 nitrogen and oxygen atoms in total. The highest BCUT2D eigenvalue weighted by molar-refractivity contribution is 7.11. The molecule has 5 heteroatoms. The van der Waals surface area contributed by atoms with E-state index in [0.29, 0.717) is 17.2 Å². The van der Waals surface area contributed by atoms with Crippen LogP contribution in [0.25, 0.3) is 28.0 Å². The number of benzene rings is 3. The zero-order chi connectivity index (χ0) is 22.9. The van der Waals surface area contributed by atoms with E-state index >= 15 is 0 Å². The van der Waals surface area contributed by atoms with Gasteiger partial charge in [0, 0.05) is 28.9 Å². The first-order valence-electron chi connectivity index (χ1n) is 11.0. The van der Waals surface area contributed by atoms with E-state index in [1.807, 2.05) is 47.8 Å². The van der Waals surface area contributed by atoms with Crippen molar-refractivity contribution in [2.24, 2.45) is 0 Å². The second kappa shape index (κ2) is 11.1. The molecule has 3 aromatic carbocycles. The molecule has 4 rings (SSSR count). The Labute approximate surface area is 198 Å². The minimum Gasteiger partial charge on any atom is -0.494 e. The summed E-state index contributed by atoms with van der Waals surface area (Å²) in [5.41, 5.74) is 5.59. The van der Waals surface area contributed by atoms with Crippen molar-refractivity contribution in [3.05, 3.63) is 95.5 Å². The highest BCUT2D eigenvalue weighted by atomic mass is 32.1. The highest BCUT2D eigenvalue weighted by Crippen LogP contribution is 2.28. The maximum atomic E-state index is 9.68. The molecule has 1 N–H and O–H groups in total. The molecule has 0 aliphatic rings. The van der Waals surface area contributed by atoms with E-state index in [9.17, 15) is 5.26 Å². The van der Waals surface area contributed by atoms with Gasteiger partial charge >= 0.3 is 0 Å². The topological polar surface area (TPSA) is 57.9 Å². The van der Waals surface area contributed by atoms with Gasteiger partial charge in [0.15, 0.2) is 0 Å². The lowest BCUT2D eigenvalue weighted by atomic mass is 10.0. The molecule has 0 spiro atoms. The Morgan fingerprint density at radius 2 is 1.76 bits per heavy atom. The normalized spacial score (nSPS) is 11.1. The smallest absolute Gasteiger partial charge is 0.136 e. The van der Waals surface area contributed by atoms with E-state index in [0.717, 1.165) is 41.1 Å². The summed E-state index contributed by atoms with van der Waals surface area (Å²) in [5, 5.41) is 15.6. The van der Waals surface area contributed by atoms with E-state index in [2.05, 4.69) is 54.7 Å². The van der Waals surface area contributed by atoms with Crippen LogP contribution in [0.15, 0.2) is 90.4 Å². The molecule has 0 fully saturated rings. The Bertz CT molecular complexity index is 1250. The van der Waals surface area contributed by atoms with Crippen molar-refractivity contribution in [3.8, 4) is 34.2 Å². The van der Waals surface area contributed by atoms with Crippen LogP contribution in [0.4, 0.5) is 5.69 Å². The van der Waals surface area contributed by atoms with Crippen molar-refractivity contribution in [2.45, 2.75) is 19.8 Å². The van der Waals surface area contributed by atoms with E-state index in [1.165, 1.54) is 16.9 Å². The maximum Gasteiger partial charge on any atom is 0.136 e. The lowest BCUT2D eigenvalue weighted by Gasteiger charge is -2.07. The van der Waals surface area contributed by atoms with Crippen LogP contribution in [0.2, 0.25) is 0 Å². The molecule has 0 unspecified atom stereocenters. The van der Waals surface area contributed by atoms with Crippen molar-refractivity contribution in [1.82, 2.24) is 4.98 Å². The molecule has 0 saturated carbocycles. The SMILES string of the molecule is CCCCOc1cccc(N/C=C(\C#N)c2nc(-c3ccc(-c4ccccc4)cc3)cs2)c1. The molecule has 0 saturated heterocycles. The third-order valence-corrected chi connectivity index (χ3v) is 6.00. The fourth-order valence-corrected chi connectivity index (χ4v) is 4.10. The van der Waals surface area contributed by atoms with Gasteiger partial charge in [0.25, 0.3) is 0 Å². The molecule has 0 radical (unpaired) electrons. The number of thiazole rings is 1. The van der Waals surface area contributed by atoms with Gasteiger partial charge in [-0.25, -0.2) is 4.98 Å². The van der Waals surface area contributed by atoms with Crippen LogP contribution < -0.4 is 10.1 Å². The molecule has 1 heterocycles. The molecule has 0 atom stereocenters.